The van der Waals surface area contributed by atoms with Crippen molar-refractivity contribution in [2.75, 3.05) is 10.5 Å². The number of nitrogen functional groups attached to an aromatic ring is 1. The molecule has 0 fully saturated rings. The minimum absolute atomic E-state index is 0.0926. The molecular formula is C14H14F2N2O2S. The van der Waals surface area contributed by atoms with Gasteiger partial charge in [0.2, 0.25) is 0 Å². The standard InChI is InChI=1S/C14H14F2N2O2S/c1-8-3-4-10(6-13(8)17)21(19,20)18-14-7-11(15)9(2)5-12(14)16/h3-7,18H,17H2,1-2H3. The van der Waals surface area contributed by atoms with Gasteiger partial charge in [-0.3, -0.25) is 4.72 Å². The van der Waals surface area contributed by atoms with Gasteiger partial charge >= 0.3 is 0 Å². The first kappa shape index (κ1) is 15.2. The summed E-state index contributed by atoms with van der Waals surface area (Å²) >= 11 is 0. The summed E-state index contributed by atoms with van der Waals surface area (Å²) in [7, 11) is -4.04. The van der Waals surface area contributed by atoms with E-state index in [9.17, 15) is 17.2 Å². The Morgan fingerprint density at radius 1 is 1.00 bits per heavy atom. The number of sulfonamides is 1. The van der Waals surface area contributed by atoms with Crippen LogP contribution in [0.2, 0.25) is 0 Å². The van der Waals surface area contributed by atoms with E-state index in [2.05, 4.69) is 0 Å². The molecule has 3 N–H and O–H groups in total. The van der Waals surface area contributed by atoms with Crippen molar-refractivity contribution in [2.24, 2.45) is 0 Å². The zero-order valence-electron chi connectivity index (χ0n) is 11.4. The van der Waals surface area contributed by atoms with Gasteiger partial charge in [0.1, 0.15) is 11.6 Å². The molecule has 0 heterocycles. The molecule has 0 unspecified atom stereocenters. The molecule has 21 heavy (non-hydrogen) atoms. The minimum Gasteiger partial charge on any atom is -0.398 e. The third kappa shape index (κ3) is 3.13. The van der Waals surface area contributed by atoms with Crippen LogP contribution in [-0.4, -0.2) is 8.42 Å². The van der Waals surface area contributed by atoms with Gasteiger partial charge in [0.15, 0.2) is 0 Å². The summed E-state index contributed by atoms with van der Waals surface area (Å²) in [6, 6.07) is 5.88. The number of hydrogen-bond donors (Lipinski definition) is 2. The molecule has 0 aliphatic carbocycles. The molecule has 0 aliphatic heterocycles. The number of rotatable bonds is 3. The van der Waals surface area contributed by atoms with Gasteiger partial charge in [-0.1, -0.05) is 6.07 Å². The van der Waals surface area contributed by atoms with Gasteiger partial charge in [0, 0.05) is 11.8 Å². The molecule has 0 aliphatic rings. The number of anilines is 2. The van der Waals surface area contributed by atoms with Crippen molar-refractivity contribution in [3.05, 3.63) is 53.1 Å². The average molecular weight is 312 g/mol. The van der Waals surface area contributed by atoms with Crippen molar-refractivity contribution in [3.63, 3.8) is 0 Å². The fourth-order valence-corrected chi connectivity index (χ4v) is 2.81. The van der Waals surface area contributed by atoms with Crippen molar-refractivity contribution in [3.8, 4) is 0 Å². The highest BCUT2D eigenvalue weighted by Gasteiger charge is 2.18. The van der Waals surface area contributed by atoms with Crippen molar-refractivity contribution >= 4 is 21.4 Å². The molecule has 2 rings (SSSR count). The zero-order valence-corrected chi connectivity index (χ0v) is 12.3. The largest absolute Gasteiger partial charge is 0.398 e. The highest BCUT2D eigenvalue weighted by atomic mass is 32.2. The molecule has 0 saturated heterocycles. The second-order valence-electron chi connectivity index (χ2n) is 4.71. The van der Waals surface area contributed by atoms with E-state index < -0.39 is 27.3 Å². The maximum Gasteiger partial charge on any atom is 0.262 e. The van der Waals surface area contributed by atoms with E-state index in [4.69, 9.17) is 5.73 Å². The molecular weight excluding hydrogens is 298 g/mol. The van der Waals surface area contributed by atoms with Crippen LogP contribution in [0.1, 0.15) is 11.1 Å². The topological polar surface area (TPSA) is 72.2 Å². The number of hydrogen-bond acceptors (Lipinski definition) is 3. The summed E-state index contributed by atoms with van der Waals surface area (Å²) in [5.41, 5.74) is 6.33. The van der Waals surface area contributed by atoms with E-state index in [0.29, 0.717) is 5.69 Å². The lowest BCUT2D eigenvalue weighted by Crippen LogP contribution is -2.15. The molecule has 0 amide bonds. The van der Waals surface area contributed by atoms with Gasteiger partial charge < -0.3 is 5.73 Å². The quantitative estimate of drug-likeness (QED) is 0.856. The van der Waals surface area contributed by atoms with Crippen LogP contribution in [0.4, 0.5) is 20.2 Å². The summed E-state index contributed by atoms with van der Waals surface area (Å²) < 4.78 is 53.5. The normalized spacial score (nSPS) is 11.4. The van der Waals surface area contributed by atoms with Crippen LogP contribution in [0.15, 0.2) is 35.2 Å². The first-order valence-corrected chi connectivity index (χ1v) is 7.53. The predicted molar refractivity (Wildman–Crippen MR) is 77.5 cm³/mol. The smallest absolute Gasteiger partial charge is 0.262 e. The van der Waals surface area contributed by atoms with E-state index in [1.165, 1.54) is 25.1 Å². The Bertz CT molecular complexity index is 805. The Labute approximate surface area is 121 Å². The van der Waals surface area contributed by atoms with Crippen LogP contribution >= 0.6 is 0 Å². The molecule has 0 spiro atoms. The minimum atomic E-state index is -4.04. The lowest BCUT2D eigenvalue weighted by molar-refractivity contribution is 0.590. The predicted octanol–water partition coefficient (Wildman–Crippen LogP) is 2.96. The highest BCUT2D eigenvalue weighted by molar-refractivity contribution is 7.92. The molecule has 0 bridgehead atoms. The number of nitrogens with two attached hydrogens (primary N) is 1. The second-order valence-corrected chi connectivity index (χ2v) is 6.39. The van der Waals surface area contributed by atoms with Crippen LogP contribution in [0.5, 0.6) is 0 Å². The molecule has 2 aromatic carbocycles. The Kier molecular flexibility index (Phi) is 3.87. The Morgan fingerprint density at radius 2 is 1.67 bits per heavy atom. The van der Waals surface area contributed by atoms with Crippen molar-refractivity contribution < 1.29 is 17.2 Å². The maximum atomic E-state index is 13.7. The van der Waals surface area contributed by atoms with Crippen molar-refractivity contribution in [1.29, 1.82) is 0 Å². The van der Waals surface area contributed by atoms with Crippen LogP contribution in [0.25, 0.3) is 0 Å². The number of aryl methyl sites for hydroxylation is 2. The number of benzene rings is 2. The van der Waals surface area contributed by atoms with Gasteiger partial charge in [0.25, 0.3) is 10.0 Å². The first-order valence-electron chi connectivity index (χ1n) is 6.05. The molecule has 0 saturated carbocycles. The van der Waals surface area contributed by atoms with Crippen LogP contribution in [-0.2, 0) is 10.0 Å². The summed E-state index contributed by atoms with van der Waals surface area (Å²) in [4.78, 5) is -0.119. The molecule has 4 nitrogen and oxygen atoms in total. The average Bonchev–Trinajstić information content (AvgIpc) is 2.39. The van der Waals surface area contributed by atoms with Crippen molar-refractivity contribution in [2.45, 2.75) is 18.7 Å². The Hall–Kier alpha value is -2.15. The van der Waals surface area contributed by atoms with Gasteiger partial charge in [-0.25, -0.2) is 17.2 Å². The molecule has 112 valence electrons. The SMILES string of the molecule is Cc1ccc(S(=O)(=O)Nc2cc(F)c(C)cc2F)cc1N. The van der Waals surface area contributed by atoms with Gasteiger partial charge in [0.05, 0.1) is 10.6 Å². The monoisotopic (exact) mass is 312 g/mol. The van der Waals surface area contributed by atoms with Crippen LogP contribution in [0.3, 0.4) is 0 Å². The Balaban J connectivity index is 2.42. The zero-order chi connectivity index (χ0) is 15.8. The van der Waals surface area contributed by atoms with E-state index >= 15 is 0 Å². The van der Waals surface area contributed by atoms with Crippen molar-refractivity contribution in [1.82, 2.24) is 0 Å². The molecule has 0 radical (unpaired) electrons. The summed E-state index contributed by atoms with van der Waals surface area (Å²) in [6.07, 6.45) is 0. The van der Waals surface area contributed by atoms with Gasteiger partial charge in [-0.15, -0.1) is 0 Å². The summed E-state index contributed by atoms with van der Waals surface area (Å²) in [5.74, 6) is -1.55. The third-order valence-corrected chi connectivity index (χ3v) is 4.42. The second kappa shape index (κ2) is 5.33. The van der Waals surface area contributed by atoms with E-state index in [-0.39, 0.29) is 10.5 Å². The summed E-state index contributed by atoms with van der Waals surface area (Å²) in [6.45, 7) is 3.12. The molecule has 0 aromatic heterocycles. The van der Waals surface area contributed by atoms with Gasteiger partial charge in [-0.05, 0) is 43.2 Å². The van der Waals surface area contributed by atoms with E-state index in [0.717, 1.165) is 17.7 Å². The highest BCUT2D eigenvalue weighted by Crippen LogP contribution is 2.24. The van der Waals surface area contributed by atoms with Crippen LogP contribution < -0.4 is 10.5 Å². The number of halogens is 2. The first-order chi connectivity index (χ1) is 9.70. The van der Waals surface area contributed by atoms with Gasteiger partial charge in [-0.2, -0.15) is 0 Å². The lowest BCUT2D eigenvalue weighted by atomic mass is 10.2. The van der Waals surface area contributed by atoms with E-state index in [1.807, 2.05) is 4.72 Å². The molecule has 7 heteroatoms. The lowest BCUT2D eigenvalue weighted by Gasteiger charge is -2.11. The van der Waals surface area contributed by atoms with Crippen LogP contribution in [0, 0.1) is 25.5 Å². The molecule has 2 aromatic rings. The third-order valence-electron chi connectivity index (χ3n) is 3.05. The fraction of sp³-hybridized carbons (Fsp3) is 0.143. The molecule has 0 atom stereocenters. The fourth-order valence-electron chi connectivity index (χ4n) is 1.71. The Morgan fingerprint density at radius 3 is 2.29 bits per heavy atom. The number of nitrogens with one attached hydrogen (secondary N) is 1. The maximum absolute atomic E-state index is 13.7. The summed E-state index contributed by atoms with van der Waals surface area (Å²) in [5, 5.41) is 0. The van der Waals surface area contributed by atoms with E-state index in [1.54, 1.807) is 6.92 Å².